The van der Waals surface area contributed by atoms with E-state index in [1.807, 2.05) is 48.2 Å². The van der Waals surface area contributed by atoms with Crippen molar-refractivity contribution in [2.75, 3.05) is 43.4 Å². The maximum absolute atomic E-state index is 13.0. The molecule has 1 aliphatic rings. The summed E-state index contributed by atoms with van der Waals surface area (Å²) in [5, 5.41) is 8.78. The molecule has 0 aliphatic carbocycles. The third-order valence-corrected chi connectivity index (χ3v) is 6.24. The van der Waals surface area contributed by atoms with Gasteiger partial charge in [0.2, 0.25) is 5.91 Å². The van der Waals surface area contributed by atoms with Crippen molar-refractivity contribution in [2.45, 2.75) is 11.8 Å². The zero-order valence-corrected chi connectivity index (χ0v) is 18.7. The Bertz CT molecular complexity index is 1020. The van der Waals surface area contributed by atoms with Gasteiger partial charge < -0.3 is 14.5 Å². The Labute approximate surface area is 191 Å². The predicted octanol–water partition coefficient (Wildman–Crippen LogP) is 4.12. The molecule has 4 rings (SSSR count). The van der Waals surface area contributed by atoms with Gasteiger partial charge in [0, 0.05) is 36.6 Å². The molecule has 0 N–H and O–H groups in total. The van der Waals surface area contributed by atoms with E-state index >= 15 is 0 Å². The van der Waals surface area contributed by atoms with Crippen LogP contribution in [0.2, 0.25) is 0 Å². The molecule has 3 aromatic rings. The minimum Gasteiger partial charge on any atom is -0.494 e. The highest BCUT2D eigenvalue weighted by Crippen LogP contribution is 2.23. The van der Waals surface area contributed by atoms with E-state index in [0.717, 1.165) is 27.7 Å². The Hall–Kier alpha value is -3.13. The maximum Gasteiger partial charge on any atom is 0.233 e. The molecule has 0 saturated carbocycles. The highest BCUT2D eigenvalue weighted by atomic mass is 32.2. The predicted molar refractivity (Wildman–Crippen MR) is 125 cm³/mol. The van der Waals surface area contributed by atoms with Crippen molar-refractivity contribution in [3.63, 3.8) is 0 Å². The molecule has 0 bridgehead atoms. The van der Waals surface area contributed by atoms with Crippen molar-refractivity contribution in [1.82, 2.24) is 15.1 Å². The number of amides is 1. The van der Waals surface area contributed by atoms with Gasteiger partial charge >= 0.3 is 0 Å². The number of hydrogen-bond donors (Lipinski definition) is 0. The first-order chi connectivity index (χ1) is 15.6. The first-order valence-electron chi connectivity index (χ1n) is 10.6. The number of carbonyl (C=O) groups excluding carboxylic acids is 1. The molecule has 0 spiro atoms. The topological polar surface area (TPSA) is 58.6 Å². The van der Waals surface area contributed by atoms with E-state index in [0.29, 0.717) is 38.5 Å². The Morgan fingerprint density at radius 3 is 2.31 bits per heavy atom. The maximum atomic E-state index is 13.0. The van der Waals surface area contributed by atoms with Gasteiger partial charge in [-0.25, -0.2) is 4.39 Å². The van der Waals surface area contributed by atoms with Crippen LogP contribution in [-0.2, 0) is 4.79 Å². The van der Waals surface area contributed by atoms with Crippen LogP contribution in [0.4, 0.5) is 10.2 Å². The number of anilines is 1. The third-order valence-electron chi connectivity index (χ3n) is 5.24. The summed E-state index contributed by atoms with van der Waals surface area (Å²) in [7, 11) is 0. The Morgan fingerprint density at radius 1 is 0.969 bits per heavy atom. The first kappa shape index (κ1) is 22.1. The summed E-state index contributed by atoms with van der Waals surface area (Å²) in [6.45, 7) is 5.31. The second-order valence-corrected chi connectivity index (χ2v) is 8.39. The van der Waals surface area contributed by atoms with E-state index in [-0.39, 0.29) is 11.7 Å². The monoisotopic (exact) mass is 452 g/mol. The van der Waals surface area contributed by atoms with Crippen LogP contribution in [0.5, 0.6) is 5.75 Å². The molecule has 6 nitrogen and oxygen atoms in total. The Morgan fingerprint density at radius 2 is 1.69 bits per heavy atom. The van der Waals surface area contributed by atoms with Crippen molar-refractivity contribution in [3.8, 4) is 17.0 Å². The molecule has 2 heterocycles. The number of nitrogens with zero attached hydrogens (tertiary/aromatic N) is 4. The molecule has 8 heteroatoms. The lowest BCUT2D eigenvalue weighted by atomic mass is 10.1. The van der Waals surface area contributed by atoms with Crippen molar-refractivity contribution < 1.29 is 13.9 Å². The van der Waals surface area contributed by atoms with Gasteiger partial charge in [-0.15, -0.1) is 22.0 Å². The lowest BCUT2D eigenvalue weighted by Gasteiger charge is -2.35. The Balaban J connectivity index is 1.28. The van der Waals surface area contributed by atoms with Crippen LogP contribution >= 0.6 is 11.8 Å². The molecular weight excluding hydrogens is 427 g/mol. The van der Waals surface area contributed by atoms with E-state index in [1.165, 1.54) is 23.9 Å². The number of aromatic nitrogens is 2. The highest BCUT2D eigenvalue weighted by molar-refractivity contribution is 8.00. The highest BCUT2D eigenvalue weighted by Gasteiger charge is 2.22. The van der Waals surface area contributed by atoms with Gasteiger partial charge in [0.1, 0.15) is 11.6 Å². The van der Waals surface area contributed by atoms with E-state index in [2.05, 4.69) is 15.1 Å². The standard InChI is InChI=1S/C24H25FN4O2S/c1-2-31-20-7-3-18(4-8-20)22-11-12-23(27-26-22)28-13-15-29(16-14-28)24(30)17-32-21-9-5-19(25)6-10-21/h3-12H,2,13-17H2,1H3. The van der Waals surface area contributed by atoms with Gasteiger partial charge in [-0.2, -0.15) is 0 Å². The summed E-state index contributed by atoms with van der Waals surface area (Å²) in [6, 6.07) is 18.0. The van der Waals surface area contributed by atoms with Gasteiger partial charge in [0.15, 0.2) is 5.82 Å². The molecule has 1 aromatic heterocycles. The van der Waals surface area contributed by atoms with Crippen LogP contribution in [0, 0.1) is 5.82 Å². The average Bonchev–Trinajstić information content (AvgIpc) is 2.84. The number of piperazine rings is 1. The largest absolute Gasteiger partial charge is 0.494 e. The minimum atomic E-state index is -0.271. The minimum absolute atomic E-state index is 0.0934. The van der Waals surface area contributed by atoms with Crippen LogP contribution < -0.4 is 9.64 Å². The summed E-state index contributed by atoms with van der Waals surface area (Å²) >= 11 is 1.43. The lowest BCUT2D eigenvalue weighted by molar-refractivity contribution is -0.128. The quantitative estimate of drug-likeness (QED) is 0.503. The zero-order chi connectivity index (χ0) is 22.3. The number of ether oxygens (including phenoxy) is 1. The summed E-state index contributed by atoms with van der Waals surface area (Å²) < 4.78 is 18.5. The summed E-state index contributed by atoms with van der Waals surface area (Å²) in [5.74, 6) is 1.82. The molecule has 166 valence electrons. The number of rotatable bonds is 7. The summed E-state index contributed by atoms with van der Waals surface area (Å²) in [4.78, 5) is 17.4. The molecule has 0 atom stereocenters. The molecule has 0 unspecified atom stereocenters. The molecule has 1 aliphatic heterocycles. The molecular formula is C24H25FN4O2S. The van der Waals surface area contributed by atoms with E-state index < -0.39 is 0 Å². The molecule has 1 amide bonds. The first-order valence-corrected chi connectivity index (χ1v) is 11.6. The van der Waals surface area contributed by atoms with Gasteiger partial charge in [0.05, 0.1) is 18.1 Å². The van der Waals surface area contributed by atoms with Crippen LogP contribution in [0.15, 0.2) is 65.6 Å². The fourth-order valence-corrected chi connectivity index (χ4v) is 4.29. The summed E-state index contributed by atoms with van der Waals surface area (Å²) in [5.41, 5.74) is 1.80. The van der Waals surface area contributed by atoms with Crippen LogP contribution in [-0.4, -0.2) is 59.5 Å². The van der Waals surface area contributed by atoms with Crippen LogP contribution in [0.1, 0.15) is 6.92 Å². The van der Waals surface area contributed by atoms with Gasteiger partial charge in [-0.1, -0.05) is 0 Å². The molecule has 1 fully saturated rings. The number of carbonyl (C=O) groups is 1. The third kappa shape index (κ3) is 5.56. The van der Waals surface area contributed by atoms with Crippen molar-refractivity contribution in [1.29, 1.82) is 0 Å². The fourth-order valence-electron chi connectivity index (χ4n) is 3.49. The van der Waals surface area contributed by atoms with E-state index in [9.17, 15) is 9.18 Å². The fraction of sp³-hybridized carbons (Fsp3) is 0.292. The van der Waals surface area contributed by atoms with E-state index in [1.54, 1.807) is 12.1 Å². The lowest BCUT2D eigenvalue weighted by Crippen LogP contribution is -2.49. The number of benzene rings is 2. The summed E-state index contributed by atoms with van der Waals surface area (Å²) in [6.07, 6.45) is 0. The van der Waals surface area contributed by atoms with Gasteiger partial charge in [-0.05, 0) is 67.6 Å². The van der Waals surface area contributed by atoms with Gasteiger partial charge in [0.25, 0.3) is 0 Å². The van der Waals surface area contributed by atoms with Crippen molar-refractivity contribution in [2.24, 2.45) is 0 Å². The SMILES string of the molecule is CCOc1ccc(-c2ccc(N3CCN(C(=O)CSc4ccc(F)cc4)CC3)nn2)cc1. The number of halogens is 1. The van der Waals surface area contributed by atoms with Gasteiger partial charge in [-0.3, -0.25) is 4.79 Å². The normalized spacial score (nSPS) is 13.8. The zero-order valence-electron chi connectivity index (χ0n) is 17.9. The molecule has 32 heavy (non-hydrogen) atoms. The Kier molecular flexibility index (Phi) is 7.21. The smallest absolute Gasteiger partial charge is 0.233 e. The second kappa shape index (κ2) is 10.5. The molecule has 2 aromatic carbocycles. The number of hydrogen-bond acceptors (Lipinski definition) is 6. The van der Waals surface area contributed by atoms with Crippen molar-refractivity contribution >= 4 is 23.5 Å². The van der Waals surface area contributed by atoms with Crippen molar-refractivity contribution in [3.05, 3.63) is 66.5 Å². The second-order valence-electron chi connectivity index (χ2n) is 7.34. The average molecular weight is 453 g/mol. The van der Waals surface area contributed by atoms with Crippen LogP contribution in [0.25, 0.3) is 11.3 Å². The van der Waals surface area contributed by atoms with Crippen LogP contribution in [0.3, 0.4) is 0 Å². The molecule has 0 radical (unpaired) electrons. The molecule has 1 saturated heterocycles. The number of thioether (sulfide) groups is 1. The van der Waals surface area contributed by atoms with E-state index in [4.69, 9.17) is 4.74 Å².